The molecule has 3 N–H and O–H groups in total. The Bertz CT molecular complexity index is 1550. The number of halogens is 2. The Morgan fingerprint density at radius 2 is 1.32 bits per heavy atom. The maximum Gasteiger partial charge on any atom is 0.131 e. The van der Waals surface area contributed by atoms with E-state index >= 15 is 0 Å². The van der Waals surface area contributed by atoms with Crippen molar-refractivity contribution >= 4 is 11.6 Å². The van der Waals surface area contributed by atoms with Crippen molar-refractivity contribution in [1.29, 1.82) is 0 Å². The number of nitrogens with one attached hydrogen (secondary N) is 1. The van der Waals surface area contributed by atoms with Crippen LogP contribution in [0.4, 0.5) is 4.39 Å². The van der Waals surface area contributed by atoms with Crippen LogP contribution in [0.1, 0.15) is 33.4 Å². The lowest BCUT2D eigenvalue weighted by Gasteiger charge is -2.32. The molecule has 0 aromatic heterocycles. The molecule has 6 nitrogen and oxygen atoms in total. The highest BCUT2D eigenvalue weighted by molar-refractivity contribution is 6.30. The second-order valence-corrected chi connectivity index (χ2v) is 11.1. The van der Waals surface area contributed by atoms with Crippen molar-refractivity contribution in [2.75, 3.05) is 34.2 Å². The van der Waals surface area contributed by atoms with Gasteiger partial charge in [0.1, 0.15) is 41.7 Å². The summed E-state index contributed by atoms with van der Waals surface area (Å²) in [6.45, 7) is 1.45. The van der Waals surface area contributed by atoms with Crippen molar-refractivity contribution in [2.45, 2.75) is 24.4 Å². The van der Waals surface area contributed by atoms with Gasteiger partial charge >= 0.3 is 0 Å². The van der Waals surface area contributed by atoms with Gasteiger partial charge in [0.05, 0.1) is 0 Å². The summed E-state index contributed by atoms with van der Waals surface area (Å²) in [5.74, 6) is 1.01. The maximum absolute atomic E-state index is 13.4. The summed E-state index contributed by atoms with van der Waals surface area (Å²) in [7, 11) is 5.67. The molecule has 41 heavy (non-hydrogen) atoms. The van der Waals surface area contributed by atoms with E-state index in [9.17, 15) is 14.6 Å². The third-order valence-corrected chi connectivity index (χ3v) is 7.67. The third kappa shape index (κ3) is 5.69. The van der Waals surface area contributed by atoms with E-state index in [2.05, 4.69) is 5.32 Å². The molecular formula is C33H34ClFN2O4. The van der Waals surface area contributed by atoms with Crippen LogP contribution < -0.4 is 14.8 Å². The van der Waals surface area contributed by atoms with Crippen LogP contribution in [0.5, 0.6) is 11.5 Å². The first-order valence-electron chi connectivity index (χ1n) is 13.4. The molecule has 0 aliphatic carbocycles. The first-order valence-corrected chi connectivity index (χ1v) is 13.8. The van der Waals surface area contributed by atoms with E-state index in [4.69, 9.17) is 21.1 Å². The SMILES string of the molecule is CN(C)CC1(O)c2ccc(Cl)cc2COc2ccccc21.CNCC1(O)c2ccc(F)cc2COc2ccccc21. The normalized spacial score (nSPS) is 20.5. The molecule has 214 valence electrons. The largest absolute Gasteiger partial charge is 0.488 e. The van der Waals surface area contributed by atoms with E-state index < -0.39 is 11.2 Å². The van der Waals surface area contributed by atoms with Crippen molar-refractivity contribution in [2.24, 2.45) is 0 Å². The molecule has 2 aliphatic rings. The molecule has 2 atom stereocenters. The van der Waals surface area contributed by atoms with Gasteiger partial charge in [0, 0.05) is 29.2 Å². The number of rotatable bonds is 4. The lowest BCUT2D eigenvalue weighted by molar-refractivity contribution is 0.0508. The van der Waals surface area contributed by atoms with E-state index in [1.165, 1.54) is 12.1 Å². The topological polar surface area (TPSA) is 74.2 Å². The first kappa shape index (κ1) is 29.0. The minimum atomic E-state index is -1.23. The summed E-state index contributed by atoms with van der Waals surface area (Å²) in [4.78, 5) is 1.97. The zero-order valence-corrected chi connectivity index (χ0v) is 24.1. The molecule has 0 spiro atoms. The van der Waals surface area contributed by atoms with E-state index in [1.807, 2.05) is 85.7 Å². The smallest absolute Gasteiger partial charge is 0.131 e. The fourth-order valence-electron chi connectivity index (χ4n) is 5.71. The molecule has 0 saturated carbocycles. The molecule has 2 heterocycles. The van der Waals surface area contributed by atoms with Crippen LogP contribution >= 0.6 is 11.6 Å². The van der Waals surface area contributed by atoms with Gasteiger partial charge in [-0.2, -0.15) is 0 Å². The highest BCUT2D eigenvalue weighted by Gasteiger charge is 2.39. The Morgan fingerprint density at radius 3 is 1.93 bits per heavy atom. The van der Waals surface area contributed by atoms with Crippen molar-refractivity contribution in [1.82, 2.24) is 10.2 Å². The minimum absolute atomic E-state index is 0.246. The highest BCUT2D eigenvalue weighted by Crippen LogP contribution is 2.42. The molecule has 8 heteroatoms. The van der Waals surface area contributed by atoms with Crippen LogP contribution in [-0.2, 0) is 24.4 Å². The summed E-state index contributed by atoms with van der Waals surface area (Å²) in [5, 5.41) is 26.3. The Morgan fingerprint density at radius 1 is 0.780 bits per heavy atom. The van der Waals surface area contributed by atoms with Crippen molar-refractivity contribution in [3.63, 3.8) is 0 Å². The van der Waals surface area contributed by atoms with Gasteiger partial charge in [0.25, 0.3) is 0 Å². The van der Waals surface area contributed by atoms with Gasteiger partial charge in [-0.25, -0.2) is 4.39 Å². The molecule has 0 bridgehead atoms. The number of ether oxygens (including phenoxy) is 2. The summed E-state index contributed by atoms with van der Waals surface area (Å²) in [5.41, 5.74) is 2.26. The van der Waals surface area contributed by atoms with Gasteiger partial charge in [0.15, 0.2) is 0 Å². The van der Waals surface area contributed by atoms with E-state index in [0.29, 0.717) is 52.9 Å². The number of hydrogen-bond acceptors (Lipinski definition) is 6. The lowest BCUT2D eigenvalue weighted by Crippen LogP contribution is -2.39. The monoisotopic (exact) mass is 576 g/mol. The van der Waals surface area contributed by atoms with Gasteiger partial charge in [-0.3, -0.25) is 0 Å². The molecule has 2 unspecified atom stereocenters. The van der Waals surface area contributed by atoms with Crippen LogP contribution in [0.2, 0.25) is 5.02 Å². The number of likely N-dealkylation sites (N-methyl/N-ethyl adjacent to an activating group) is 2. The molecule has 0 saturated heterocycles. The molecule has 4 aromatic carbocycles. The molecule has 0 amide bonds. The Balaban J connectivity index is 0.000000165. The number of benzene rings is 4. The molecular weight excluding hydrogens is 543 g/mol. The zero-order chi connectivity index (χ0) is 29.2. The van der Waals surface area contributed by atoms with E-state index in [1.54, 1.807) is 13.1 Å². The van der Waals surface area contributed by atoms with Gasteiger partial charge in [-0.05, 0) is 79.8 Å². The zero-order valence-electron chi connectivity index (χ0n) is 23.3. The standard InChI is InChI=1S/C17H18ClNO2.C16H16FNO2/c1-19(2)11-17(20)14-8-7-13(18)9-12(14)10-21-16-6-4-3-5-15(16)17;1-18-10-16(19)13-7-6-12(17)8-11(13)9-20-15-5-3-2-4-14(15)16/h3-9,20H,10-11H2,1-2H3;2-8,18-19H,9-10H2,1H3. The van der Waals surface area contributed by atoms with Crippen LogP contribution in [0, 0.1) is 5.82 Å². The number of fused-ring (bicyclic) bond motifs is 4. The minimum Gasteiger partial charge on any atom is -0.488 e. The third-order valence-electron chi connectivity index (χ3n) is 7.43. The van der Waals surface area contributed by atoms with Gasteiger partial charge in [0.2, 0.25) is 0 Å². The first-order chi connectivity index (χ1) is 19.7. The second kappa shape index (κ2) is 11.8. The summed E-state index contributed by atoms with van der Waals surface area (Å²) in [6, 6.07) is 25.0. The Hall–Kier alpha value is -3.46. The fourth-order valence-corrected chi connectivity index (χ4v) is 5.91. The second-order valence-electron chi connectivity index (χ2n) is 10.7. The highest BCUT2D eigenvalue weighted by atomic mass is 35.5. The molecule has 0 fully saturated rings. The number of nitrogens with zero attached hydrogens (tertiary/aromatic N) is 1. The Kier molecular flexibility index (Phi) is 8.36. The number of aliphatic hydroxyl groups is 2. The molecule has 2 aliphatic heterocycles. The number of para-hydroxylation sites is 2. The molecule has 4 aromatic rings. The van der Waals surface area contributed by atoms with Crippen LogP contribution in [0.25, 0.3) is 0 Å². The summed E-state index contributed by atoms with van der Waals surface area (Å²) >= 11 is 6.09. The predicted molar refractivity (Wildman–Crippen MR) is 158 cm³/mol. The van der Waals surface area contributed by atoms with Crippen LogP contribution in [0.15, 0.2) is 84.9 Å². The quantitative estimate of drug-likeness (QED) is 0.310. The average molecular weight is 577 g/mol. The van der Waals surface area contributed by atoms with Crippen molar-refractivity contribution in [3.8, 4) is 11.5 Å². The van der Waals surface area contributed by atoms with E-state index in [0.717, 1.165) is 16.7 Å². The number of hydrogen-bond donors (Lipinski definition) is 3. The summed E-state index contributed by atoms with van der Waals surface area (Å²) < 4.78 is 25.0. The van der Waals surface area contributed by atoms with Gasteiger partial charge < -0.3 is 29.9 Å². The fraction of sp³-hybridized carbons (Fsp3) is 0.273. The average Bonchev–Trinajstić information content (AvgIpc) is 3.14. The van der Waals surface area contributed by atoms with Crippen LogP contribution in [-0.4, -0.2) is 49.3 Å². The van der Waals surface area contributed by atoms with Crippen molar-refractivity contribution in [3.05, 3.63) is 129 Å². The Labute approximate surface area is 244 Å². The maximum atomic E-state index is 13.4. The van der Waals surface area contributed by atoms with Gasteiger partial charge in [-0.15, -0.1) is 0 Å². The predicted octanol–water partition coefficient (Wildman–Crippen LogP) is 5.20. The molecule has 0 radical (unpaired) electrons. The molecule has 6 rings (SSSR count). The summed E-state index contributed by atoms with van der Waals surface area (Å²) in [6.07, 6.45) is 0. The van der Waals surface area contributed by atoms with E-state index in [-0.39, 0.29) is 12.4 Å². The van der Waals surface area contributed by atoms with Gasteiger partial charge in [-0.1, -0.05) is 60.1 Å². The lowest BCUT2D eigenvalue weighted by atomic mass is 9.83. The van der Waals surface area contributed by atoms with Crippen LogP contribution in [0.3, 0.4) is 0 Å². The van der Waals surface area contributed by atoms with Crippen molar-refractivity contribution < 1.29 is 24.1 Å².